The Morgan fingerprint density at radius 2 is 0.667 bits per heavy atom. The van der Waals surface area contributed by atoms with Crippen molar-refractivity contribution in [2.75, 3.05) is 0 Å². The normalized spacial score (nSPS) is 11.5. The van der Waals surface area contributed by atoms with Crippen LogP contribution in [-0.2, 0) is 0 Å². The summed E-state index contributed by atoms with van der Waals surface area (Å²) in [6, 6.07) is 68.7. The Hall–Kier alpha value is -6.84. The minimum absolute atomic E-state index is 0.817. The van der Waals surface area contributed by atoms with E-state index in [0.29, 0.717) is 0 Å². The zero-order valence-electron chi connectivity index (χ0n) is 27.8. The highest BCUT2D eigenvalue weighted by Crippen LogP contribution is 2.42. The summed E-state index contributed by atoms with van der Waals surface area (Å²) in [5.41, 5.74) is 11.4. The van der Waals surface area contributed by atoms with Gasteiger partial charge in [0.2, 0.25) is 0 Å². The van der Waals surface area contributed by atoms with Gasteiger partial charge in [0.05, 0.1) is 22.1 Å². The van der Waals surface area contributed by atoms with Gasteiger partial charge in [-0.15, -0.1) is 0 Å². The van der Waals surface area contributed by atoms with Gasteiger partial charge in [0, 0.05) is 44.0 Å². The molecule has 8 aromatic carbocycles. The molecule has 0 atom stereocenters. The molecule has 0 aliphatic rings. The largest absolute Gasteiger partial charge is 0.456 e. The number of nitrogens with zero attached hydrogens (tertiary/aromatic N) is 2. The lowest BCUT2D eigenvalue weighted by atomic mass is 10.0. The van der Waals surface area contributed by atoms with Gasteiger partial charge in [-0.05, 0) is 83.9 Å². The fourth-order valence-electron chi connectivity index (χ4n) is 7.70. The van der Waals surface area contributed by atoms with Crippen molar-refractivity contribution in [2.45, 2.75) is 0 Å². The lowest BCUT2D eigenvalue weighted by Gasteiger charge is -2.15. The van der Waals surface area contributed by atoms with Gasteiger partial charge in [0.25, 0.3) is 0 Å². The first-order valence-corrected chi connectivity index (χ1v) is 17.4. The second kappa shape index (κ2) is 11.9. The monoisotopic (exact) mass is 652 g/mol. The molecular weight excluding hydrogens is 621 g/mol. The first-order chi connectivity index (χ1) is 25.3. The van der Waals surface area contributed by atoms with E-state index in [1.54, 1.807) is 0 Å². The van der Waals surface area contributed by atoms with Crippen LogP contribution in [0.3, 0.4) is 0 Å². The highest BCUT2D eigenvalue weighted by atomic mass is 16.5. The van der Waals surface area contributed by atoms with Gasteiger partial charge in [-0.3, -0.25) is 0 Å². The summed E-state index contributed by atoms with van der Waals surface area (Å²) in [5, 5.41) is 4.88. The van der Waals surface area contributed by atoms with Gasteiger partial charge in [-0.25, -0.2) is 0 Å². The predicted molar refractivity (Wildman–Crippen MR) is 213 cm³/mol. The molecule has 0 radical (unpaired) electrons. The first-order valence-electron chi connectivity index (χ1n) is 17.4. The summed E-state index contributed by atoms with van der Waals surface area (Å²) >= 11 is 0. The van der Waals surface area contributed by atoms with Gasteiger partial charge >= 0.3 is 0 Å². The molecule has 0 amide bonds. The van der Waals surface area contributed by atoms with Crippen LogP contribution >= 0.6 is 0 Å². The average Bonchev–Trinajstić information content (AvgIpc) is 3.71. The van der Waals surface area contributed by atoms with E-state index in [2.05, 4.69) is 191 Å². The van der Waals surface area contributed by atoms with Crippen molar-refractivity contribution in [1.82, 2.24) is 9.13 Å². The van der Waals surface area contributed by atoms with E-state index in [1.165, 1.54) is 43.6 Å². The molecule has 0 aliphatic carbocycles. The van der Waals surface area contributed by atoms with E-state index in [4.69, 9.17) is 4.74 Å². The third-order valence-corrected chi connectivity index (χ3v) is 9.99. The molecule has 2 heterocycles. The molecule has 2 aromatic heterocycles. The van der Waals surface area contributed by atoms with E-state index in [9.17, 15) is 0 Å². The topological polar surface area (TPSA) is 19.1 Å². The number of para-hydroxylation sites is 6. The molecule has 10 rings (SSSR count). The highest BCUT2D eigenvalue weighted by molar-refractivity contribution is 6.11. The SMILES string of the molecule is c1ccc(-n2c3ccccc3c3cc(-c4ccccc4Oc4ccccc4-c4ccc5c(c4)c4ccccc4n5-c4ccccc4)ccc32)cc1. The molecule has 0 fully saturated rings. The van der Waals surface area contributed by atoms with Crippen molar-refractivity contribution in [3.05, 3.63) is 194 Å². The van der Waals surface area contributed by atoms with E-state index in [1.807, 2.05) is 12.1 Å². The Balaban J connectivity index is 1.07. The Morgan fingerprint density at radius 1 is 0.294 bits per heavy atom. The zero-order chi connectivity index (χ0) is 33.7. The number of hydrogen-bond donors (Lipinski definition) is 0. The van der Waals surface area contributed by atoms with E-state index >= 15 is 0 Å². The van der Waals surface area contributed by atoms with Crippen LogP contribution in [0.5, 0.6) is 11.5 Å². The number of fused-ring (bicyclic) bond motifs is 6. The van der Waals surface area contributed by atoms with E-state index < -0.39 is 0 Å². The van der Waals surface area contributed by atoms with Crippen LogP contribution in [0.1, 0.15) is 0 Å². The van der Waals surface area contributed by atoms with E-state index in [-0.39, 0.29) is 0 Å². The standard InChI is InChI=1S/C48H32N2O/c1-3-15-35(16-4-1)49-43-23-11-7-21-39(43)41-31-33(27-29-45(41)49)37-19-9-13-25-47(37)51-48-26-14-10-20-38(48)34-28-30-46-42(32-34)40-22-8-12-24-44(40)50(46)36-17-5-2-6-18-36/h1-32H. The van der Waals surface area contributed by atoms with Crippen LogP contribution in [0.15, 0.2) is 194 Å². The van der Waals surface area contributed by atoms with Gasteiger partial charge in [-0.2, -0.15) is 0 Å². The average molecular weight is 653 g/mol. The summed E-state index contributed by atoms with van der Waals surface area (Å²) in [5.74, 6) is 1.63. The van der Waals surface area contributed by atoms with E-state index in [0.717, 1.165) is 45.1 Å². The molecule has 0 saturated carbocycles. The molecule has 240 valence electrons. The minimum Gasteiger partial charge on any atom is -0.456 e. The van der Waals surface area contributed by atoms with Crippen molar-refractivity contribution >= 4 is 43.6 Å². The molecule has 3 heteroatoms. The van der Waals surface area contributed by atoms with Crippen molar-refractivity contribution in [3.63, 3.8) is 0 Å². The fourth-order valence-corrected chi connectivity index (χ4v) is 7.70. The molecule has 0 aliphatic heterocycles. The number of rotatable bonds is 6. The lowest BCUT2D eigenvalue weighted by Crippen LogP contribution is -1.94. The maximum Gasteiger partial charge on any atom is 0.135 e. The fraction of sp³-hybridized carbons (Fsp3) is 0. The first kappa shape index (κ1) is 29.1. The molecule has 0 unspecified atom stereocenters. The summed E-state index contributed by atoms with van der Waals surface area (Å²) in [4.78, 5) is 0. The molecular formula is C48H32N2O. The molecule has 0 spiro atoms. The van der Waals surface area contributed by atoms with Gasteiger partial charge in [0.1, 0.15) is 11.5 Å². The molecule has 0 N–H and O–H groups in total. The van der Waals surface area contributed by atoms with Crippen LogP contribution in [0.4, 0.5) is 0 Å². The maximum atomic E-state index is 6.89. The van der Waals surface area contributed by atoms with Crippen molar-refractivity contribution in [2.24, 2.45) is 0 Å². The Bertz CT molecular complexity index is 2680. The van der Waals surface area contributed by atoms with Crippen molar-refractivity contribution < 1.29 is 4.74 Å². The smallest absolute Gasteiger partial charge is 0.135 e. The van der Waals surface area contributed by atoms with Gasteiger partial charge in [-0.1, -0.05) is 121 Å². The summed E-state index contributed by atoms with van der Waals surface area (Å²) in [6.45, 7) is 0. The van der Waals surface area contributed by atoms with Crippen LogP contribution in [0, 0.1) is 0 Å². The maximum absolute atomic E-state index is 6.89. The second-order valence-corrected chi connectivity index (χ2v) is 12.9. The highest BCUT2D eigenvalue weighted by Gasteiger charge is 2.17. The summed E-state index contributed by atoms with van der Waals surface area (Å²) in [7, 11) is 0. The van der Waals surface area contributed by atoms with Crippen LogP contribution in [0.2, 0.25) is 0 Å². The Labute approximate surface area is 295 Å². The predicted octanol–water partition coefficient (Wildman–Crippen LogP) is 13.0. The number of benzene rings is 8. The molecule has 51 heavy (non-hydrogen) atoms. The zero-order valence-corrected chi connectivity index (χ0v) is 27.8. The minimum atomic E-state index is 0.817. The number of hydrogen-bond acceptors (Lipinski definition) is 1. The lowest BCUT2D eigenvalue weighted by molar-refractivity contribution is 0.486. The van der Waals surface area contributed by atoms with Crippen LogP contribution < -0.4 is 4.74 Å². The number of aromatic nitrogens is 2. The van der Waals surface area contributed by atoms with Crippen LogP contribution in [0.25, 0.3) is 77.2 Å². The number of ether oxygens (including phenoxy) is 1. The molecule has 3 nitrogen and oxygen atoms in total. The molecule has 10 aromatic rings. The third-order valence-electron chi connectivity index (χ3n) is 9.99. The second-order valence-electron chi connectivity index (χ2n) is 12.9. The van der Waals surface area contributed by atoms with Crippen LogP contribution in [-0.4, -0.2) is 9.13 Å². The molecule has 0 saturated heterocycles. The third kappa shape index (κ3) is 4.82. The summed E-state index contributed by atoms with van der Waals surface area (Å²) < 4.78 is 11.6. The summed E-state index contributed by atoms with van der Waals surface area (Å²) in [6.07, 6.45) is 0. The van der Waals surface area contributed by atoms with Gasteiger partial charge < -0.3 is 13.9 Å². The molecule has 0 bridgehead atoms. The Kier molecular flexibility index (Phi) is 6.81. The quantitative estimate of drug-likeness (QED) is 0.175. The van der Waals surface area contributed by atoms with Crippen molar-refractivity contribution in [1.29, 1.82) is 0 Å². The van der Waals surface area contributed by atoms with Gasteiger partial charge in [0.15, 0.2) is 0 Å². The Morgan fingerprint density at radius 3 is 1.14 bits per heavy atom. The van der Waals surface area contributed by atoms with Crippen molar-refractivity contribution in [3.8, 4) is 45.1 Å².